The first-order valence-electron chi connectivity index (χ1n) is 7.30. The fraction of sp³-hybridized carbons (Fsp3) is 0.118. The first-order valence-corrected chi connectivity index (χ1v) is 8.18. The Balaban J connectivity index is 1.88. The molecule has 0 atom stereocenters. The van der Waals surface area contributed by atoms with Crippen LogP contribution < -0.4 is 5.32 Å². The second kappa shape index (κ2) is 6.67. The SMILES string of the molecule is C=CC(=O)Nc1ccc(-c2cn3c(C(=O)OCC)csc3n2)cc1. The van der Waals surface area contributed by atoms with Crippen molar-refractivity contribution in [2.75, 3.05) is 11.9 Å². The summed E-state index contributed by atoms with van der Waals surface area (Å²) in [5.74, 6) is -0.625. The minimum atomic E-state index is -0.366. The lowest BCUT2D eigenvalue weighted by molar-refractivity contribution is -0.111. The third-order valence-electron chi connectivity index (χ3n) is 3.33. The first kappa shape index (κ1) is 15.9. The van der Waals surface area contributed by atoms with Gasteiger partial charge in [-0.05, 0) is 25.1 Å². The zero-order valence-electron chi connectivity index (χ0n) is 13.0. The summed E-state index contributed by atoms with van der Waals surface area (Å²) in [4.78, 5) is 28.5. The van der Waals surface area contributed by atoms with Gasteiger partial charge in [-0.3, -0.25) is 9.20 Å². The molecule has 0 aliphatic carbocycles. The van der Waals surface area contributed by atoms with Crippen LogP contribution >= 0.6 is 11.3 Å². The minimum Gasteiger partial charge on any atom is -0.461 e. The summed E-state index contributed by atoms with van der Waals surface area (Å²) in [6.45, 7) is 5.51. The van der Waals surface area contributed by atoms with Crippen molar-refractivity contribution in [3.63, 3.8) is 0 Å². The molecule has 6 nitrogen and oxygen atoms in total. The summed E-state index contributed by atoms with van der Waals surface area (Å²) in [6, 6.07) is 7.29. The number of fused-ring (bicyclic) bond motifs is 1. The molecule has 1 aromatic carbocycles. The minimum absolute atomic E-state index is 0.260. The topological polar surface area (TPSA) is 72.7 Å². The highest BCUT2D eigenvalue weighted by molar-refractivity contribution is 7.15. The molecule has 0 saturated heterocycles. The van der Waals surface area contributed by atoms with Gasteiger partial charge in [-0.15, -0.1) is 11.3 Å². The Labute approximate surface area is 142 Å². The molecule has 0 saturated carbocycles. The molecule has 0 radical (unpaired) electrons. The van der Waals surface area contributed by atoms with Gasteiger partial charge >= 0.3 is 5.97 Å². The van der Waals surface area contributed by atoms with Crippen molar-refractivity contribution < 1.29 is 14.3 Å². The van der Waals surface area contributed by atoms with Crippen molar-refractivity contribution in [1.82, 2.24) is 9.38 Å². The van der Waals surface area contributed by atoms with Crippen molar-refractivity contribution in [1.29, 1.82) is 0 Å². The van der Waals surface area contributed by atoms with Crippen LogP contribution in [0.4, 0.5) is 5.69 Å². The highest BCUT2D eigenvalue weighted by Gasteiger charge is 2.16. The van der Waals surface area contributed by atoms with Gasteiger partial charge in [-0.25, -0.2) is 9.78 Å². The van der Waals surface area contributed by atoms with Crippen molar-refractivity contribution in [2.24, 2.45) is 0 Å². The van der Waals surface area contributed by atoms with E-state index in [-0.39, 0.29) is 11.9 Å². The van der Waals surface area contributed by atoms with Crippen LogP contribution in [0, 0.1) is 0 Å². The number of nitrogens with one attached hydrogen (secondary N) is 1. The number of rotatable bonds is 5. The lowest BCUT2D eigenvalue weighted by atomic mass is 10.1. The molecule has 122 valence electrons. The Bertz CT molecular complexity index is 909. The number of thiazole rings is 1. The second-order valence-corrected chi connectivity index (χ2v) is 5.73. The van der Waals surface area contributed by atoms with E-state index in [1.807, 2.05) is 12.1 Å². The lowest BCUT2D eigenvalue weighted by Crippen LogP contribution is -2.07. The van der Waals surface area contributed by atoms with E-state index in [1.54, 1.807) is 35.0 Å². The predicted molar refractivity (Wildman–Crippen MR) is 93.3 cm³/mol. The predicted octanol–water partition coefficient (Wildman–Crippen LogP) is 3.36. The molecule has 1 N–H and O–H groups in total. The zero-order valence-corrected chi connectivity index (χ0v) is 13.8. The van der Waals surface area contributed by atoms with E-state index in [2.05, 4.69) is 16.9 Å². The number of esters is 1. The molecular formula is C17H15N3O3S. The normalized spacial score (nSPS) is 10.5. The molecule has 0 aliphatic heterocycles. The smallest absolute Gasteiger partial charge is 0.356 e. The fourth-order valence-electron chi connectivity index (χ4n) is 2.19. The Kier molecular flexibility index (Phi) is 4.43. The van der Waals surface area contributed by atoms with Gasteiger partial charge < -0.3 is 10.1 Å². The molecule has 0 unspecified atom stereocenters. The first-order chi connectivity index (χ1) is 11.6. The molecule has 3 aromatic rings. The average molecular weight is 341 g/mol. The number of imidazole rings is 1. The molecule has 0 aliphatic rings. The highest BCUT2D eigenvalue weighted by atomic mass is 32.1. The van der Waals surface area contributed by atoms with Gasteiger partial charge in [0.05, 0.1) is 12.3 Å². The number of carbonyl (C=O) groups is 2. The Morgan fingerprint density at radius 2 is 2.12 bits per heavy atom. The Morgan fingerprint density at radius 3 is 2.79 bits per heavy atom. The van der Waals surface area contributed by atoms with Gasteiger partial charge in [-0.1, -0.05) is 18.7 Å². The van der Waals surface area contributed by atoms with Gasteiger partial charge in [-0.2, -0.15) is 0 Å². The standard InChI is InChI=1S/C17H15N3O3S/c1-3-15(21)18-12-7-5-11(6-8-12)13-9-20-14(16(22)23-4-2)10-24-17(20)19-13/h3,5-10H,1,4H2,2H3,(H,18,21). The van der Waals surface area contributed by atoms with Crippen molar-refractivity contribution in [3.05, 3.63) is 54.2 Å². The van der Waals surface area contributed by atoms with Gasteiger partial charge in [0.15, 0.2) is 4.96 Å². The maximum absolute atomic E-state index is 11.9. The van der Waals surface area contributed by atoms with E-state index in [0.717, 1.165) is 16.2 Å². The molecule has 0 bridgehead atoms. The maximum atomic E-state index is 11.9. The summed E-state index contributed by atoms with van der Waals surface area (Å²) in [5.41, 5.74) is 2.77. The number of amides is 1. The van der Waals surface area contributed by atoms with Crippen molar-refractivity contribution in [3.8, 4) is 11.3 Å². The Hall–Kier alpha value is -2.93. The number of aromatic nitrogens is 2. The maximum Gasteiger partial charge on any atom is 0.356 e. The summed E-state index contributed by atoms with van der Waals surface area (Å²) >= 11 is 1.38. The van der Waals surface area contributed by atoms with E-state index < -0.39 is 0 Å². The third kappa shape index (κ3) is 3.07. The molecule has 2 aromatic heterocycles. The number of hydrogen-bond acceptors (Lipinski definition) is 5. The highest BCUT2D eigenvalue weighted by Crippen LogP contribution is 2.25. The third-order valence-corrected chi connectivity index (χ3v) is 4.17. The van der Waals surface area contributed by atoms with E-state index in [0.29, 0.717) is 18.0 Å². The van der Waals surface area contributed by atoms with Gasteiger partial charge in [0.25, 0.3) is 0 Å². The van der Waals surface area contributed by atoms with E-state index in [9.17, 15) is 9.59 Å². The number of ether oxygens (including phenoxy) is 1. The molecule has 0 fully saturated rings. The molecule has 24 heavy (non-hydrogen) atoms. The van der Waals surface area contributed by atoms with Crippen LogP contribution in [0.5, 0.6) is 0 Å². The van der Waals surface area contributed by atoms with Gasteiger partial charge in [0.1, 0.15) is 5.69 Å². The largest absolute Gasteiger partial charge is 0.461 e. The number of hydrogen-bond donors (Lipinski definition) is 1. The molecule has 2 heterocycles. The fourth-order valence-corrected chi connectivity index (χ4v) is 3.03. The van der Waals surface area contributed by atoms with E-state index >= 15 is 0 Å². The summed E-state index contributed by atoms with van der Waals surface area (Å²) in [6.07, 6.45) is 3.02. The van der Waals surface area contributed by atoms with E-state index in [4.69, 9.17) is 4.74 Å². The molecule has 7 heteroatoms. The van der Waals surface area contributed by atoms with Gasteiger partial charge in [0, 0.05) is 22.8 Å². The van der Waals surface area contributed by atoms with Crippen LogP contribution in [0.15, 0.2) is 48.5 Å². The summed E-state index contributed by atoms with van der Waals surface area (Å²) < 4.78 is 6.77. The molecule has 3 rings (SSSR count). The lowest BCUT2D eigenvalue weighted by Gasteiger charge is -2.03. The average Bonchev–Trinajstić information content (AvgIpc) is 3.16. The van der Waals surface area contributed by atoms with Crippen molar-refractivity contribution in [2.45, 2.75) is 6.92 Å². The summed E-state index contributed by atoms with van der Waals surface area (Å²) in [7, 11) is 0. The van der Waals surface area contributed by atoms with Crippen LogP contribution in [0.25, 0.3) is 16.2 Å². The van der Waals surface area contributed by atoms with E-state index in [1.165, 1.54) is 17.4 Å². The molecule has 1 amide bonds. The second-order valence-electron chi connectivity index (χ2n) is 4.89. The van der Waals surface area contributed by atoms with Crippen LogP contribution in [0.3, 0.4) is 0 Å². The number of nitrogens with zero attached hydrogens (tertiary/aromatic N) is 2. The number of anilines is 1. The van der Waals surface area contributed by atoms with Gasteiger partial charge in [0.2, 0.25) is 5.91 Å². The Morgan fingerprint density at radius 1 is 1.38 bits per heavy atom. The molecule has 0 spiro atoms. The van der Waals surface area contributed by atoms with Crippen LogP contribution in [-0.4, -0.2) is 27.9 Å². The van der Waals surface area contributed by atoms with Crippen molar-refractivity contribution >= 4 is 33.9 Å². The van der Waals surface area contributed by atoms with Crippen LogP contribution in [0.2, 0.25) is 0 Å². The quantitative estimate of drug-likeness (QED) is 0.570. The molecular weight excluding hydrogens is 326 g/mol. The zero-order chi connectivity index (χ0) is 17.1. The number of benzene rings is 1. The summed E-state index contributed by atoms with van der Waals surface area (Å²) in [5, 5.41) is 4.42. The number of carbonyl (C=O) groups excluding carboxylic acids is 2. The monoisotopic (exact) mass is 341 g/mol. The van der Waals surface area contributed by atoms with Crippen LogP contribution in [0.1, 0.15) is 17.4 Å². The van der Waals surface area contributed by atoms with Crippen LogP contribution in [-0.2, 0) is 9.53 Å².